The number of carboxylic acid groups (broad SMARTS) is 1. The molecular weight excluding hydrogens is 208 g/mol. The number of hydrogen-bond donors (Lipinski definition) is 1. The standard InChI is InChI=1S/C12H24O4/c1-4-7-9-12(6-3,11(13)14)16-15-10-8-5-2/h4-10H2,1-3H3,(H,13,14). The summed E-state index contributed by atoms with van der Waals surface area (Å²) in [5.41, 5.74) is -1.16. The Bertz CT molecular complexity index is 193. The zero-order chi connectivity index (χ0) is 12.4. The van der Waals surface area contributed by atoms with E-state index in [-0.39, 0.29) is 0 Å². The van der Waals surface area contributed by atoms with Gasteiger partial charge in [0.2, 0.25) is 0 Å². The Morgan fingerprint density at radius 2 is 1.81 bits per heavy atom. The lowest BCUT2D eigenvalue weighted by Gasteiger charge is -2.26. The molecule has 1 unspecified atom stereocenters. The van der Waals surface area contributed by atoms with Gasteiger partial charge in [-0.05, 0) is 19.3 Å². The smallest absolute Gasteiger partial charge is 0.339 e. The van der Waals surface area contributed by atoms with Crippen molar-refractivity contribution >= 4 is 5.97 Å². The predicted molar refractivity (Wildman–Crippen MR) is 62.1 cm³/mol. The molecule has 0 rings (SSSR count). The largest absolute Gasteiger partial charge is 0.479 e. The van der Waals surface area contributed by atoms with Gasteiger partial charge in [-0.3, -0.25) is 0 Å². The summed E-state index contributed by atoms with van der Waals surface area (Å²) in [5.74, 6) is -0.931. The summed E-state index contributed by atoms with van der Waals surface area (Å²) in [6.07, 6.45) is 4.60. The van der Waals surface area contributed by atoms with Crippen LogP contribution in [0.1, 0.15) is 59.3 Å². The first-order valence-corrected chi connectivity index (χ1v) is 6.17. The van der Waals surface area contributed by atoms with Crippen LogP contribution in [0.4, 0.5) is 0 Å². The van der Waals surface area contributed by atoms with Gasteiger partial charge in [-0.2, -0.15) is 0 Å². The summed E-state index contributed by atoms with van der Waals surface area (Å²) in [5, 5.41) is 9.20. The quantitative estimate of drug-likeness (QED) is 0.357. The maximum absolute atomic E-state index is 11.2. The van der Waals surface area contributed by atoms with Crippen molar-refractivity contribution in [3.8, 4) is 0 Å². The van der Waals surface area contributed by atoms with Gasteiger partial charge in [0, 0.05) is 0 Å². The maximum atomic E-state index is 11.2. The summed E-state index contributed by atoms with van der Waals surface area (Å²) >= 11 is 0. The third-order valence-electron chi connectivity index (χ3n) is 2.69. The van der Waals surface area contributed by atoms with Crippen molar-refractivity contribution < 1.29 is 19.7 Å². The molecule has 16 heavy (non-hydrogen) atoms. The average molecular weight is 232 g/mol. The molecule has 0 bridgehead atoms. The first kappa shape index (κ1) is 15.4. The van der Waals surface area contributed by atoms with E-state index in [1.165, 1.54) is 0 Å². The highest BCUT2D eigenvalue weighted by atomic mass is 17.2. The van der Waals surface area contributed by atoms with E-state index in [0.717, 1.165) is 25.7 Å². The zero-order valence-corrected chi connectivity index (χ0v) is 10.6. The summed E-state index contributed by atoms with van der Waals surface area (Å²) in [7, 11) is 0. The van der Waals surface area contributed by atoms with Gasteiger partial charge in [0.15, 0.2) is 5.60 Å². The van der Waals surface area contributed by atoms with Gasteiger partial charge < -0.3 is 5.11 Å². The first-order chi connectivity index (χ1) is 7.63. The van der Waals surface area contributed by atoms with Gasteiger partial charge in [-0.1, -0.05) is 40.0 Å². The van der Waals surface area contributed by atoms with E-state index in [9.17, 15) is 9.90 Å². The molecule has 4 heteroatoms. The van der Waals surface area contributed by atoms with Gasteiger partial charge in [0.1, 0.15) is 0 Å². The van der Waals surface area contributed by atoms with Gasteiger partial charge in [-0.25, -0.2) is 14.6 Å². The summed E-state index contributed by atoms with van der Waals surface area (Å²) in [6, 6.07) is 0. The Morgan fingerprint density at radius 1 is 1.19 bits per heavy atom. The van der Waals surface area contributed by atoms with E-state index in [4.69, 9.17) is 9.78 Å². The molecule has 1 N–H and O–H groups in total. The van der Waals surface area contributed by atoms with Crippen molar-refractivity contribution in [3.05, 3.63) is 0 Å². The van der Waals surface area contributed by atoms with Crippen LogP contribution in [0.5, 0.6) is 0 Å². The van der Waals surface area contributed by atoms with Gasteiger partial charge in [0.05, 0.1) is 6.61 Å². The fraction of sp³-hybridized carbons (Fsp3) is 0.917. The maximum Gasteiger partial charge on any atom is 0.339 e. The van der Waals surface area contributed by atoms with E-state index in [1.54, 1.807) is 0 Å². The molecule has 0 aromatic rings. The molecule has 0 heterocycles. The number of aliphatic carboxylic acids is 1. The lowest BCUT2D eigenvalue weighted by molar-refractivity contribution is -0.356. The monoisotopic (exact) mass is 232 g/mol. The van der Waals surface area contributed by atoms with Crippen LogP contribution in [0.15, 0.2) is 0 Å². The molecule has 96 valence electrons. The highest BCUT2D eigenvalue weighted by Crippen LogP contribution is 2.24. The van der Waals surface area contributed by atoms with Crippen LogP contribution in [-0.2, 0) is 14.6 Å². The third kappa shape index (κ3) is 4.94. The number of hydrogen-bond acceptors (Lipinski definition) is 3. The first-order valence-electron chi connectivity index (χ1n) is 6.17. The molecule has 4 nitrogen and oxygen atoms in total. The summed E-state index contributed by atoms with van der Waals surface area (Å²) in [6.45, 7) is 6.34. The summed E-state index contributed by atoms with van der Waals surface area (Å²) < 4.78 is 0. The average Bonchev–Trinajstić information content (AvgIpc) is 2.28. The van der Waals surface area contributed by atoms with Gasteiger partial charge in [0.25, 0.3) is 0 Å². The SMILES string of the molecule is CCCCOOC(CC)(CCCC)C(=O)O. The lowest BCUT2D eigenvalue weighted by Crippen LogP contribution is -2.41. The highest BCUT2D eigenvalue weighted by molar-refractivity contribution is 5.77. The zero-order valence-electron chi connectivity index (χ0n) is 10.6. The summed E-state index contributed by atoms with van der Waals surface area (Å²) in [4.78, 5) is 21.4. The van der Waals surface area contributed by atoms with Crippen molar-refractivity contribution in [2.24, 2.45) is 0 Å². The molecule has 0 aliphatic carbocycles. The van der Waals surface area contributed by atoms with Crippen LogP contribution in [0, 0.1) is 0 Å². The predicted octanol–water partition coefficient (Wildman–Crippen LogP) is 3.16. The van der Waals surface area contributed by atoms with Crippen LogP contribution < -0.4 is 0 Å². The molecule has 0 aromatic heterocycles. The Labute approximate surface area is 97.9 Å². The minimum Gasteiger partial charge on any atom is -0.479 e. The van der Waals surface area contributed by atoms with Crippen molar-refractivity contribution in [1.82, 2.24) is 0 Å². The van der Waals surface area contributed by atoms with E-state index < -0.39 is 11.6 Å². The van der Waals surface area contributed by atoms with Crippen LogP contribution in [-0.4, -0.2) is 23.3 Å². The molecular formula is C12H24O4. The third-order valence-corrected chi connectivity index (χ3v) is 2.69. The van der Waals surface area contributed by atoms with Crippen molar-refractivity contribution in [1.29, 1.82) is 0 Å². The Balaban J connectivity index is 4.22. The minimum absolute atomic E-state index is 0.425. The fourth-order valence-electron chi connectivity index (χ4n) is 1.39. The highest BCUT2D eigenvalue weighted by Gasteiger charge is 2.38. The molecule has 0 radical (unpaired) electrons. The number of carboxylic acids is 1. The Morgan fingerprint density at radius 3 is 2.25 bits per heavy atom. The molecule has 0 spiro atoms. The van der Waals surface area contributed by atoms with Crippen molar-refractivity contribution in [2.75, 3.05) is 6.61 Å². The van der Waals surface area contributed by atoms with Crippen molar-refractivity contribution in [3.63, 3.8) is 0 Å². The van der Waals surface area contributed by atoms with Crippen LogP contribution >= 0.6 is 0 Å². The molecule has 0 saturated heterocycles. The van der Waals surface area contributed by atoms with E-state index in [2.05, 4.69) is 0 Å². The normalized spacial score (nSPS) is 14.7. The van der Waals surface area contributed by atoms with E-state index in [0.29, 0.717) is 19.4 Å². The minimum atomic E-state index is -1.16. The second-order valence-corrected chi connectivity index (χ2v) is 4.02. The molecule has 0 aromatic carbocycles. The number of rotatable bonds is 10. The molecule has 0 aliphatic rings. The fourth-order valence-corrected chi connectivity index (χ4v) is 1.39. The lowest BCUT2D eigenvalue weighted by atomic mass is 9.94. The van der Waals surface area contributed by atoms with Crippen molar-refractivity contribution in [2.45, 2.75) is 64.9 Å². The van der Waals surface area contributed by atoms with Gasteiger partial charge >= 0.3 is 5.97 Å². The van der Waals surface area contributed by atoms with E-state index in [1.807, 2.05) is 20.8 Å². The van der Waals surface area contributed by atoms with Crippen LogP contribution in [0.2, 0.25) is 0 Å². The molecule has 1 atom stereocenters. The van der Waals surface area contributed by atoms with Gasteiger partial charge in [-0.15, -0.1) is 0 Å². The number of carbonyl (C=O) groups is 1. The molecule has 0 fully saturated rings. The van der Waals surface area contributed by atoms with Crippen LogP contribution in [0.3, 0.4) is 0 Å². The topological polar surface area (TPSA) is 55.8 Å². The molecule has 0 amide bonds. The number of unbranched alkanes of at least 4 members (excludes halogenated alkanes) is 2. The second-order valence-electron chi connectivity index (χ2n) is 4.02. The molecule has 0 aliphatic heterocycles. The second kappa shape index (κ2) is 8.53. The molecule has 0 saturated carbocycles. The van der Waals surface area contributed by atoms with Crippen LogP contribution in [0.25, 0.3) is 0 Å². The van der Waals surface area contributed by atoms with E-state index >= 15 is 0 Å². The Kier molecular flexibility index (Phi) is 8.21. The Hall–Kier alpha value is -0.610.